The van der Waals surface area contributed by atoms with Crippen LogP contribution in [0.4, 0.5) is 17.1 Å². The summed E-state index contributed by atoms with van der Waals surface area (Å²) in [6.45, 7) is 0. The van der Waals surface area contributed by atoms with Crippen LogP contribution in [-0.4, -0.2) is 29.5 Å². The molecule has 0 radical (unpaired) electrons. The highest BCUT2D eigenvalue weighted by atomic mass is 16.5. The Bertz CT molecular complexity index is 4040. The fourth-order valence-corrected chi connectivity index (χ4v) is 11.2. The van der Waals surface area contributed by atoms with Gasteiger partial charge in [-0.15, -0.1) is 0 Å². The lowest BCUT2D eigenvalue weighted by atomic mass is 9.66. The van der Waals surface area contributed by atoms with Gasteiger partial charge in [-0.25, -0.2) is 19.9 Å². The number of fused-ring (bicyclic) bond motifs is 15. The van der Waals surface area contributed by atoms with E-state index in [4.69, 9.17) is 34.4 Å². The van der Waals surface area contributed by atoms with E-state index >= 15 is 0 Å². The minimum Gasteiger partial charge on any atom is -0.453 e. The van der Waals surface area contributed by atoms with Crippen molar-refractivity contribution in [3.05, 3.63) is 247 Å². The highest BCUT2D eigenvalue weighted by molar-refractivity contribution is 6.09. The van der Waals surface area contributed by atoms with Crippen LogP contribution in [0, 0.1) is 0 Å². The number of para-hydroxylation sites is 5. The lowest BCUT2D eigenvalue weighted by Gasteiger charge is -2.41. The first-order valence-corrected chi connectivity index (χ1v) is 23.7. The third kappa shape index (κ3) is 5.71. The normalized spacial score (nSPS) is 14.7. The van der Waals surface area contributed by atoms with Gasteiger partial charge in [-0.05, 0) is 77.9 Å². The van der Waals surface area contributed by atoms with Gasteiger partial charge >= 0.3 is 0 Å². The molecule has 1 atom stereocenters. The second-order valence-electron chi connectivity index (χ2n) is 18.0. The van der Waals surface area contributed by atoms with Crippen LogP contribution < -0.4 is 14.4 Å². The predicted octanol–water partition coefficient (Wildman–Crippen LogP) is 14.8. The summed E-state index contributed by atoms with van der Waals surface area (Å²) in [5.41, 5.74) is 13.0. The van der Waals surface area contributed by atoms with E-state index in [0.717, 1.165) is 90.1 Å². The van der Waals surface area contributed by atoms with Crippen molar-refractivity contribution in [1.82, 2.24) is 29.5 Å². The number of benzene rings is 8. The number of pyridine rings is 2. The van der Waals surface area contributed by atoms with Crippen LogP contribution in [-0.2, 0) is 5.41 Å². The van der Waals surface area contributed by atoms with Crippen LogP contribution in [0.5, 0.6) is 23.0 Å². The van der Waals surface area contributed by atoms with Crippen LogP contribution >= 0.6 is 0 Å². The quantitative estimate of drug-likeness (QED) is 0.169. The molecule has 0 amide bonds. The van der Waals surface area contributed by atoms with E-state index in [1.165, 1.54) is 10.8 Å². The molecule has 12 aromatic rings. The van der Waals surface area contributed by atoms with Crippen molar-refractivity contribution >= 4 is 38.9 Å². The van der Waals surface area contributed by atoms with Gasteiger partial charge in [0.1, 0.15) is 11.4 Å². The monoisotopic (exact) mass is 911 g/mol. The minimum absolute atomic E-state index is 0.468. The topological polar surface area (TPSA) is 91.1 Å². The zero-order chi connectivity index (χ0) is 46.6. The van der Waals surface area contributed by atoms with Crippen LogP contribution in [0.15, 0.2) is 225 Å². The maximum atomic E-state index is 7.15. The number of hydrogen-bond acceptors (Lipinski definition) is 8. The van der Waals surface area contributed by atoms with Gasteiger partial charge in [-0.3, -0.25) is 4.98 Å². The van der Waals surface area contributed by atoms with Gasteiger partial charge in [0.15, 0.2) is 34.7 Å². The average molecular weight is 912 g/mol. The third-order valence-corrected chi connectivity index (χ3v) is 14.1. The van der Waals surface area contributed by atoms with E-state index in [1.54, 1.807) is 0 Å². The summed E-state index contributed by atoms with van der Waals surface area (Å²) in [5.74, 6) is 4.29. The lowest BCUT2D eigenvalue weighted by Crippen LogP contribution is -2.33. The minimum atomic E-state index is -0.880. The Morgan fingerprint density at radius 3 is 1.73 bits per heavy atom. The second-order valence-corrected chi connectivity index (χ2v) is 18.0. The van der Waals surface area contributed by atoms with Gasteiger partial charge in [-0.2, -0.15) is 0 Å². The highest BCUT2D eigenvalue weighted by Crippen LogP contribution is 2.66. The smallest absolute Gasteiger partial charge is 0.194 e. The molecule has 0 fully saturated rings. The molecule has 6 heterocycles. The highest BCUT2D eigenvalue weighted by Gasteiger charge is 2.54. The number of aromatic nitrogens is 6. The molecule has 71 heavy (non-hydrogen) atoms. The molecular weight excluding hydrogens is 875 g/mol. The summed E-state index contributed by atoms with van der Waals surface area (Å²) in [4.78, 5) is 27.9. The molecule has 9 nitrogen and oxygen atoms in total. The third-order valence-electron chi connectivity index (χ3n) is 14.1. The largest absolute Gasteiger partial charge is 0.453 e. The van der Waals surface area contributed by atoms with Crippen LogP contribution in [0.25, 0.3) is 73.2 Å². The zero-order valence-electron chi connectivity index (χ0n) is 37.8. The fraction of sp³-hybridized carbons (Fsp3) is 0.0161. The summed E-state index contributed by atoms with van der Waals surface area (Å²) >= 11 is 0. The van der Waals surface area contributed by atoms with Crippen LogP contribution in [0.1, 0.15) is 22.3 Å². The number of rotatable bonds is 5. The number of hydrogen-bond donors (Lipinski definition) is 0. The van der Waals surface area contributed by atoms with Crippen molar-refractivity contribution in [3.63, 3.8) is 0 Å². The number of ether oxygens (including phenoxy) is 2. The maximum Gasteiger partial charge on any atom is 0.194 e. The van der Waals surface area contributed by atoms with Crippen molar-refractivity contribution in [1.29, 1.82) is 0 Å². The molecule has 1 aliphatic carbocycles. The Labute approximate surface area is 407 Å². The van der Waals surface area contributed by atoms with Gasteiger partial charge in [0, 0.05) is 50.6 Å². The molecule has 2 aliphatic heterocycles. The van der Waals surface area contributed by atoms with Gasteiger partial charge < -0.3 is 18.9 Å². The van der Waals surface area contributed by atoms with E-state index in [-0.39, 0.29) is 0 Å². The van der Waals surface area contributed by atoms with Crippen molar-refractivity contribution in [2.75, 3.05) is 4.90 Å². The van der Waals surface area contributed by atoms with Crippen LogP contribution in [0.2, 0.25) is 0 Å². The Balaban J connectivity index is 0.927. The van der Waals surface area contributed by atoms with Gasteiger partial charge in [0.2, 0.25) is 0 Å². The van der Waals surface area contributed by atoms with Crippen molar-refractivity contribution < 1.29 is 9.47 Å². The summed E-state index contributed by atoms with van der Waals surface area (Å²) in [6, 6.07) is 75.2. The van der Waals surface area contributed by atoms with E-state index in [9.17, 15) is 0 Å². The second kappa shape index (κ2) is 15.1. The van der Waals surface area contributed by atoms with Gasteiger partial charge in [0.25, 0.3) is 0 Å². The number of nitrogens with zero attached hydrogens (tertiary/aromatic N) is 7. The standard InChI is InChI=1S/C62H37N7O2/c1-3-17-38(18-4-1)59-65-60(39-19-5-2-6-20-39)67-61(66-59)48-34-32-46-56(64-48)55-45(26-16-36-63-55)62(46)44-25-9-13-30-53(44)70-57-47(62)33-35-52-58(57)71-54-31-14-12-29-51(54)69(52)41-22-15-21-40(37-41)68-49-27-10-7-23-42(49)43-24-8-11-28-50(43)68/h1-37H. The van der Waals surface area contributed by atoms with Crippen molar-refractivity contribution in [2.24, 2.45) is 0 Å². The first-order chi connectivity index (χ1) is 35.2. The predicted molar refractivity (Wildman–Crippen MR) is 278 cm³/mol. The molecule has 0 saturated heterocycles. The first kappa shape index (κ1) is 39.3. The fourth-order valence-electron chi connectivity index (χ4n) is 11.2. The molecule has 4 aromatic heterocycles. The van der Waals surface area contributed by atoms with E-state index in [1.807, 2.05) is 103 Å². The Morgan fingerprint density at radius 1 is 0.380 bits per heavy atom. The Kier molecular flexibility index (Phi) is 8.37. The van der Waals surface area contributed by atoms with Gasteiger partial charge in [-0.1, -0.05) is 152 Å². The average Bonchev–Trinajstić information content (AvgIpc) is 3.93. The summed E-state index contributed by atoms with van der Waals surface area (Å²) in [5, 5.41) is 2.43. The van der Waals surface area contributed by atoms with E-state index in [2.05, 4.69) is 131 Å². The molecular formula is C62H37N7O2. The van der Waals surface area contributed by atoms with Gasteiger partial charge in [0.05, 0.1) is 39.2 Å². The molecule has 8 aromatic carbocycles. The molecule has 332 valence electrons. The van der Waals surface area contributed by atoms with E-state index < -0.39 is 5.41 Å². The zero-order valence-corrected chi connectivity index (χ0v) is 37.8. The molecule has 15 rings (SSSR count). The van der Waals surface area contributed by atoms with Crippen LogP contribution in [0.3, 0.4) is 0 Å². The Morgan fingerprint density at radius 2 is 0.972 bits per heavy atom. The molecule has 9 heteroatoms. The number of anilines is 3. The molecule has 3 aliphatic rings. The molecule has 0 saturated carbocycles. The first-order valence-electron chi connectivity index (χ1n) is 23.7. The lowest BCUT2D eigenvalue weighted by molar-refractivity contribution is 0.391. The SMILES string of the molecule is c1ccc(-c2nc(-c3ccccc3)nc(-c3ccc4c(n3)-c3ncccc3C43c4ccccc4Oc4c3ccc3c4Oc4ccccc4N3c3cccc(-n4c5ccccc5c5ccccc54)c3)n2)cc1. The Hall–Kier alpha value is -9.73. The summed E-state index contributed by atoms with van der Waals surface area (Å²) < 4.78 is 16.6. The van der Waals surface area contributed by atoms with E-state index in [0.29, 0.717) is 34.7 Å². The summed E-state index contributed by atoms with van der Waals surface area (Å²) in [6.07, 6.45) is 1.84. The molecule has 1 unspecified atom stereocenters. The molecule has 1 spiro atoms. The maximum absolute atomic E-state index is 7.15. The molecule has 0 N–H and O–H groups in total. The molecule has 0 bridgehead atoms. The van der Waals surface area contributed by atoms with Crippen molar-refractivity contribution in [2.45, 2.75) is 5.41 Å². The summed E-state index contributed by atoms with van der Waals surface area (Å²) in [7, 11) is 0. The van der Waals surface area contributed by atoms with Crippen molar-refractivity contribution in [3.8, 4) is 74.4 Å².